The van der Waals surface area contributed by atoms with Gasteiger partial charge in [0.15, 0.2) is 6.20 Å². The first-order valence-corrected chi connectivity index (χ1v) is 12.0. The maximum atomic E-state index is 14.0. The van der Waals surface area contributed by atoms with Gasteiger partial charge in [0.05, 0.1) is 17.4 Å². The predicted molar refractivity (Wildman–Crippen MR) is 139 cm³/mol. The molecular formula is C27H28N7O2+. The molecule has 0 aliphatic carbocycles. The summed E-state index contributed by atoms with van der Waals surface area (Å²) in [4.78, 5) is 32.7. The Morgan fingerprint density at radius 2 is 1.97 bits per heavy atom. The van der Waals surface area contributed by atoms with Gasteiger partial charge in [-0.15, -0.1) is 5.92 Å². The van der Waals surface area contributed by atoms with E-state index in [2.05, 4.69) is 27.8 Å². The Balaban J connectivity index is 1.80. The number of piperidine rings is 1. The van der Waals surface area contributed by atoms with Gasteiger partial charge in [-0.1, -0.05) is 24.1 Å². The van der Waals surface area contributed by atoms with Gasteiger partial charge < -0.3 is 15.2 Å². The average molecular weight is 483 g/mol. The smallest absolute Gasteiger partial charge is 0.331 e. The van der Waals surface area contributed by atoms with Crippen LogP contribution in [0, 0.1) is 23.2 Å². The van der Waals surface area contributed by atoms with Crippen LogP contribution in [0.4, 0.5) is 5.82 Å². The zero-order valence-electron chi connectivity index (χ0n) is 20.4. The number of aryl methyl sites for hydroxylation is 1. The molecule has 0 amide bonds. The van der Waals surface area contributed by atoms with Gasteiger partial charge in [-0.2, -0.15) is 5.26 Å². The minimum absolute atomic E-state index is 0.0311. The molecule has 182 valence electrons. The van der Waals surface area contributed by atoms with Crippen molar-refractivity contribution >= 4 is 27.6 Å². The van der Waals surface area contributed by atoms with Crippen LogP contribution in [-0.2, 0) is 20.1 Å². The van der Waals surface area contributed by atoms with E-state index in [9.17, 15) is 14.9 Å². The third-order valence-corrected chi connectivity index (χ3v) is 6.92. The second-order valence-corrected chi connectivity index (χ2v) is 9.15. The van der Waals surface area contributed by atoms with Crippen LogP contribution in [0.1, 0.15) is 31.0 Å². The highest BCUT2D eigenvalue weighted by Gasteiger charge is 2.30. The molecule has 0 spiro atoms. The molecule has 0 unspecified atom stereocenters. The molecule has 3 aromatic heterocycles. The van der Waals surface area contributed by atoms with Crippen LogP contribution in [0.3, 0.4) is 0 Å². The Morgan fingerprint density at radius 1 is 1.17 bits per heavy atom. The molecule has 9 nitrogen and oxygen atoms in total. The summed E-state index contributed by atoms with van der Waals surface area (Å²) in [5.74, 6) is 6.53. The largest absolute Gasteiger partial charge is 0.355 e. The SMILES string of the molecule is CC#CCn1c(N2CCC[C@H](N)C2)c(C#N)c2c1c(=O)n(Cc1[nH+]ccc3ccccc13)c(=O)n2C. The lowest BCUT2D eigenvalue weighted by molar-refractivity contribution is -0.388. The standard InChI is InChI=1S/C27H27N7O2/c1-3-4-14-33-24-23(21(15-28)25(33)32-13-7-9-19(29)16-32)31(2)27(36)34(26(24)35)17-22-20-10-6-5-8-18(20)11-12-30-22/h5-6,8,10-12,19H,7,9,13-14,16-17,29H2,1-2H3/p+1/t19-/m0/s1. The molecule has 36 heavy (non-hydrogen) atoms. The number of nitrogens with two attached hydrogens (primary N) is 1. The number of anilines is 1. The highest BCUT2D eigenvalue weighted by atomic mass is 16.2. The fraction of sp³-hybridized carbons (Fsp3) is 0.333. The summed E-state index contributed by atoms with van der Waals surface area (Å²) in [6.07, 6.45) is 3.59. The molecule has 1 fully saturated rings. The number of nitrogens with zero attached hydrogens (tertiary/aromatic N) is 5. The number of pyridine rings is 1. The number of hydrogen-bond donors (Lipinski definition) is 1. The zero-order valence-corrected chi connectivity index (χ0v) is 20.4. The number of nitriles is 1. The molecule has 9 heteroatoms. The fourth-order valence-electron chi connectivity index (χ4n) is 5.23. The number of nitrogens with one attached hydrogen (secondary N) is 1. The lowest BCUT2D eigenvalue weighted by atomic mass is 10.1. The van der Waals surface area contributed by atoms with Gasteiger partial charge in [0.25, 0.3) is 5.56 Å². The predicted octanol–water partition coefficient (Wildman–Crippen LogP) is 1.34. The van der Waals surface area contributed by atoms with Crippen molar-refractivity contribution in [3.8, 4) is 17.9 Å². The summed E-state index contributed by atoms with van der Waals surface area (Å²) in [5, 5.41) is 12.1. The number of aromatic amines is 1. The van der Waals surface area contributed by atoms with Crippen LogP contribution in [0.2, 0.25) is 0 Å². The van der Waals surface area contributed by atoms with Crippen LogP contribution in [-0.4, -0.2) is 32.8 Å². The molecule has 4 heterocycles. The summed E-state index contributed by atoms with van der Waals surface area (Å²) in [6, 6.07) is 12.0. The molecule has 5 rings (SSSR count). The Labute approximate surface area is 208 Å². The molecule has 1 atom stereocenters. The molecule has 1 aliphatic rings. The van der Waals surface area contributed by atoms with E-state index in [1.807, 2.05) is 30.3 Å². The van der Waals surface area contributed by atoms with E-state index in [1.54, 1.807) is 24.7 Å². The first-order valence-electron chi connectivity index (χ1n) is 12.0. The van der Waals surface area contributed by atoms with Gasteiger partial charge in [0.2, 0.25) is 5.69 Å². The first kappa shape index (κ1) is 23.4. The van der Waals surface area contributed by atoms with Crippen LogP contribution in [0.5, 0.6) is 0 Å². The molecule has 1 aliphatic heterocycles. The number of rotatable bonds is 4. The Bertz CT molecular complexity index is 1700. The number of fused-ring (bicyclic) bond motifs is 2. The monoisotopic (exact) mass is 482 g/mol. The number of aromatic nitrogens is 4. The molecule has 1 aromatic carbocycles. The number of H-pyrrole nitrogens is 1. The van der Waals surface area contributed by atoms with Crippen molar-refractivity contribution in [2.45, 2.75) is 38.9 Å². The highest BCUT2D eigenvalue weighted by Crippen LogP contribution is 2.32. The summed E-state index contributed by atoms with van der Waals surface area (Å²) >= 11 is 0. The second kappa shape index (κ2) is 9.37. The van der Waals surface area contributed by atoms with Crippen molar-refractivity contribution in [1.29, 1.82) is 5.26 Å². The van der Waals surface area contributed by atoms with Gasteiger partial charge in [-0.25, -0.2) is 14.3 Å². The molecule has 3 N–H and O–H groups in total. The Morgan fingerprint density at radius 3 is 2.72 bits per heavy atom. The third kappa shape index (κ3) is 3.74. The van der Waals surface area contributed by atoms with Gasteiger partial charge in [-0.05, 0) is 31.2 Å². The fourth-order valence-corrected chi connectivity index (χ4v) is 5.23. The van der Waals surface area contributed by atoms with E-state index in [1.165, 1.54) is 9.13 Å². The van der Waals surface area contributed by atoms with Crippen molar-refractivity contribution in [2.75, 3.05) is 18.0 Å². The lowest BCUT2D eigenvalue weighted by Gasteiger charge is -2.33. The molecule has 0 radical (unpaired) electrons. The van der Waals surface area contributed by atoms with E-state index in [-0.39, 0.29) is 19.1 Å². The highest BCUT2D eigenvalue weighted by molar-refractivity contribution is 5.90. The normalized spacial score (nSPS) is 15.6. The zero-order chi connectivity index (χ0) is 25.4. The summed E-state index contributed by atoms with van der Waals surface area (Å²) < 4.78 is 4.42. The molecule has 1 saturated heterocycles. The minimum atomic E-state index is -0.481. The lowest BCUT2D eigenvalue weighted by Crippen LogP contribution is -2.44. The third-order valence-electron chi connectivity index (χ3n) is 6.92. The maximum absolute atomic E-state index is 14.0. The summed E-state index contributed by atoms with van der Waals surface area (Å²) in [7, 11) is 1.61. The van der Waals surface area contributed by atoms with Crippen LogP contribution >= 0.6 is 0 Å². The van der Waals surface area contributed by atoms with Crippen molar-refractivity contribution in [2.24, 2.45) is 12.8 Å². The maximum Gasteiger partial charge on any atom is 0.331 e. The van der Waals surface area contributed by atoms with Crippen LogP contribution < -0.4 is 26.9 Å². The average Bonchev–Trinajstić information content (AvgIpc) is 3.23. The molecule has 4 aromatic rings. The van der Waals surface area contributed by atoms with E-state index in [0.717, 1.165) is 29.3 Å². The summed E-state index contributed by atoms with van der Waals surface area (Å²) in [5.41, 5.74) is 7.01. The first-order chi connectivity index (χ1) is 17.5. The quantitative estimate of drug-likeness (QED) is 0.441. The van der Waals surface area contributed by atoms with Crippen LogP contribution in [0.25, 0.3) is 21.8 Å². The van der Waals surface area contributed by atoms with Crippen molar-refractivity contribution in [3.05, 3.63) is 68.6 Å². The number of hydrogen-bond acceptors (Lipinski definition) is 5. The molecule has 0 saturated carbocycles. The molecular weight excluding hydrogens is 454 g/mol. The van der Waals surface area contributed by atoms with Gasteiger partial charge in [-0.3, -0.25) is 9.36 Å². The topological polar surface area (TPSA) is 116 Å². The van der Waals surface area contributed by atoms with Crippen molar-refractivity contribution in [3.63, 3.8) is 0 Å². The Kier molecular flexibility index (Phi) is 6.09. The summed E-state index contributed by atoms with van der Waals surface area (Å²) in [6.45, 7) is 3.31. The minimum Gasteiger partial charge on any atom is -0.355 e. The Hall–Kier alpha value is -4.34. The van der Waals surface area contributed by atoms with Gasteiger partial charge >= 0.3 is 5.69 Å². The van der Waals surface area contributed by atoms with E-state index >= 15 is 0 Å². The molecule has 0 bridgehead atoms. The second-order valence-electron chi connectivity index (χ2n) is 9.15. The van der Waals surface area contributed by atoms with Crippen molar-refractivity contribution < 1.29 is 4.98 Å². The van der Waals surface area contributed by atoms with Gasteiger partial charge in [0, 0.05) is 32.2 Å². The van der Waals surface area contributed by atoms with E-state index in [4.69, 9.17) is 5.73 Å². The van der Waals surface area contributed by atoms with E-state index in [0.29, 0.717) is 35.5 Å². The van der Waals surface area contributed by atoms with Gasteiger partial charge in [0.1, 0.15) is 29.5 Å². The van der Waals surface area contributed by atoms with Crippen molar-refractivity contribution in [1.82, 2.24) is 13.7 Å². The van der Waals surface area contributed by atoms with Crippen LogP contribution in [0.15, 0.2) is 46.1 Å². The number of benzene rings is 1. The van der Waals surface area contributed by atoms with E-state index < -0.39 is 11.2 Å².